The van der Waals surface area contributed by atoms with Crippen molar-refractivity contribution in [1.82, 2.24) is 9.97 Å². The second kappa shape index (κ2) is 4.28. The molecule has 0 aromatic carbocycles. The number of nitrogens with zero attached hydrogens (tertiary/aromatic N) is 2. The van der Waals surface area contributed by atoms with Gasteiger partial charge in [-0.05, 0) is 24.8 Å². The third-order valence-electron chi connectivity index (χ3n) is 2.87. The van der Waals surface area contributed by atoms with Crippen molar-refractivity contribution >= 4 is 11.8 Å². The number of aromatic nitrogens is 2. The Hall–Kier alpha value is -0.610. The number of hydrogen-bond acceptors (Lipinski definition) is 4. The predicted molar refractivity (Wildman–Crippen MR) is 58.1 cm³/mol. The zero-order valence-electron chi connectivity index (χ0n) is 8.26. The largest absolute Gasteiger partial charge is 0.327 e. The molecule has 2 rings (SSSR count). The molecule has 14 heavy (non-hydrogen) atoms. The molecular weight excluding hydrogens is 194 g/mol. The van der Waals surface area contributed by atoms with Crippen molar-refractivity contribution in [2.24, 2.45) is 11.7 Å². The van der Waals surface area contributed by atoms with Crippen molar-refractivity contribution in [2.75, 3.05) is 0 Å². The molecule has 1 aliphatic carbocycles. The van der Waals surface area contributed by atoms with Gasteiger partial charge in [0.2, 0.25) is 0 Å². The van der Waals surface area contributed by atoms with Gasteiger partial charge in [-0.3, -0.25) is 0 Å². The van der Waals surface area contributed by atoms with Crippen molar-refractivity contribution in [3.8, 4) is 0 Å². The summed E-state index contributed by atoms with van der Waals surface area (Å²) in [6.07, 6.45) is 5.73. The maximum absolute atomic E-state index is 5.98. The number of nitrogens with two attached hydrogens (primary N) is 1. The summed E-state index contributed by atoms with van der Waals surface area (Å²) in [6, 6.07) is 2.33. The van der Waals surface area contributed by atoms with E-state index in [1.54, 1.807) is 12.5 Å². The molecule has 2 N–H and O–H groups in total. The summed E-state index contributed by atoms with van der Waals surface area (Å²) in [5, 5.41) is 1.69. The summed E-state index contributed by atoms with van der Waals surface area (Å²) in [7, 11) is 0. The van der Waals surface area contributed by atoms with E-state index in [1.807, 2.05) is 17.8 Å². The van der Waals surface area contributed by atoms with E-state index in [9.17, 15) is 0 Å². The lowest BCUT2D eigenvalue weighted by molar-refractivity contribution is 0.535. The Morgan fingerprint density at radius 1 is 1.50 bits per heavy atom. The molecular formula is C10H15N3S. The molecule has 1 aromatic rings. The Labute approximate surface area is 88.5 Å². The van der Waals surface area contributed by atoms with Gasteiger partial charge in [0.25, 0.3) is 0 Å². The Bertz CT molecular complexity index is 291. The minimum atomic E-state index is 0.370. The minimum Gasteiger partial charge on any atom is -0.327 e. The second-order valence-electron chi connectivity index (χ2n) is 3.80. The van der Waals surface area contributed by atoms with Crippen molar-refractivity contribution < 1.29 is 0 Å². The van der Waals surface area contributed by atoms with E-state index < -0.39 is 0 Å². The van der Waals surface area contributed by atoms with Gasteiger partial charge in [0, 0.05) is 17.5 Å². The van der Waals surface area contributed by atoms with Gasteiger partial charge >= 0.3 is 0 Å². The molecule has 0 bridgehead atoms. The van der Waals surface area contributed by atoms with Crippen LogP contribution in [0.15, 0.2) is 23.6 Å². The van der Waals surface area contributed by atoms with Crippen LogP contribution in [-0.2, 0) is 0 Å². The molecule has 4 heteroatoms. The van der Waals surface area contributed by atoms with Gasteiger partial charge in [-0.1, -0.05) is 6.92 Å². The van der Waals surface area contributed by atoms with Crippen molar-refractivity contribution in [2.45, 2.75) is 36.1 Å². The quantitative estimate of drug-likeness (QED) is 0.753. The molecule has 0 saturated heterocycles. The lowest BCUT2D eigenvalue weighted by Gasteiger charge is -2.16. The fourth-order valence-corrected chi connectivity index (χ4v) is 3.06. The SMILES string of the molecule is CC1C(N)CCC1Sc1ccncn1. The molecule has 0 amide bonds. The van der Waals surface area contributed by atoms with E-state index in [0.29, 0.717) is 17.2 Å². The molecule has 3 atom stereocenters. The smallest absolute Gasteiger partial charge is 0.116 e. The highest BCUT2D eigenvalue weighted by Crippen LogP contribution is 2.37. The average Bonchev–Trinajstić information content (AvgIpc) is 2.52. The number of thioether (sulfide) groups is 1. The van der Waals surface area contributed by atoms with Gasteiger partial charge in [0.15, 0.2) is 0 Å². The molecule has 1 aliphatic rings. The van der Waals surface area contributed by atoms with Crippen molar-refractivity contribution in [1.29, 1.82) is 0 Å². The van der Waals surface area contributed by atoms with E-state index in [-0.39, 0.29) is 0 Å². The molecule has 76 valence electrons. The highest BCUT2D eigenvalue weighted by molar-refractivity contribution is 7.99. The van der Waals surface area contributed by atoms with E-state index in [2.05, 4.69) is 16.9 Å². The first-order valence-corrected chi connectivity index (χ1v) is 5.83. The highest BCUT2D eigenvalue weighted by Gasteiger charge is 2.30. The van der Waals surface area contributed by atoms with Crippen LogP contribution in [0.1, 0.15) is 19.8 Å². The molecule has 0 radical (unpaired) electrons. The normalized spacial score (nSPS) is 32.0. The van der Waals surface area contributed by atoms with Gasteiger partial charge < -0.3 is 5.73 Å². The average molecular weight is 209 g/mol. The van der Waals surface area contributed by atoms with Crippen LogP contribution < -0.4 is 5.73 Å². The summed E-state index contributed by atoms with van der Waals surface area (Å²) in [5.41, 5.74) is 5.98. The maximum Gasteiger partial charge on any atom is 0.116 e. The summed E-state index contributed by atoms with van der Waals surface area (Å²) >= 11 is 1.83. The summed E-state index contributed by atoms with van der Waals surface area (Å²) in [6.45, 7) is 2.23. The zero-order chi connectivity index (χ0) is 9.97. The van der Waals surface area contributed by atoms with Crippen LogP contribution in [0.4, 0.5) is 0 Å². The minimum absolute atomic E-state index is 0.370. The van der Waals surface area contributed by atoms with Crippen LogP contribution in [0.3, 0.4) is 0 Å². The standard InChI is InChI=1S/C10H15N3S/c1-7-8(11)2-3-9(7)14-10-4-5-12-6-13-10/h4-9H,2-3,11H2,1H3. The van der Waals surface area contributed by atoms with E-state index in [0.717, 1.165) is 11.4 Å². The predicted octanol–water partition coefficient (Wildman–Crippen LogP) is 1.69. The first-order chi connectivity index (χ1) is 6.77. The van der Waals surface area contributed by atoms with Crippen molar-refractivity contribution in [3.63, 3.8) is 0 Å². The van der Waals surface area contributed by atoms with Crippen LogP contribution >= 0.6 is 11.8 Å². The van der Waals surface area contributed by atoms with Crippen LogP contribution in [0.25, 0.3) is 0 Å². The third kappa shape index (κ3) is 2.07. The fourth-order valence-electron chi connectivity index (χ4n) is 1.83. The maximum atomic E-state index is 5.98. The van der Waals surface area contributed by atoms with Gasteiger partial charge in [0.1, 0.15) is 6.33 Å². The summed E-state index contributed by atoms with van der Waals surface area (Å²) < 4.78 is 0. The molecule has 1 saturated carbocycles. The monoisotopic (exact) mass is 209 g/mol. The van der Waals surface area contributed by atoms with E-state index in [4.69, 9.17) is 5.73 Å². The number of hydrogen-bond donors (Lipinski definition) is 1. The second-order valence-corrected chi connectivity index (χ2v) is 5.06. The van der Waals surface area contributed by atoms with Gasteiger partial charge in [0.05, 0.1) is 5.03 Å². The van der Waals surface area contributed by atoms with E-state index >= 15 is 0 Å². The van der Waals surface area contributed by atoms with Gasteiger partial charge in [-0.15, -0.1) is 11.8 Å². The molecule has 0 aliphatic heterocycles. The van der Waals surface area contributed by atoms with Crippen LogP contribution in [-0.4, -0.2) is 21.3 Å². The van der Waals surface area contributed by atoms with Crippen molar-refractivity contribution in [3.05, 3.63) is 18.6 Å². The summed E-state index contributed by atoms with van der Waals surface area (Å²) in [4.78, 5) is 8.12. The lowest BCUT2D eigenvalue weighted by Crippen LogP contribution is -2.26. The van der Waals surface area contributed by atoms with Crippen LogP contribution in [0.5, 0.6) is 0 Å². The lowest BCUT2D eigenvalue weighted by atomic mass is 10.1. The van der Waals surface area contributed by atoms with Crippen LogP contribution in [0.2, 0.25) is 0 Å². The Balaban J connectivity index is 1.99. The third-order valence-corrected chi connectivity index (χ3v) is 4.32. The van der Waals surface area contributed by atoms with Gasteiger partial charge in [-0.25, -0.2) is 9.97 Å². The molecule has 1 heterocycles. The Morgan fingerprint density at radius 2 is 2.36 bits per heavy atom. The van der Waals surface area contributed by atoms with Crippen LogP contribution in [0, 0.1) is 5.92 Å². The first-order valence-electron chi connectivity index (χ1n) is 4.95. The fraction of sp³-hybridized carbons (Fsp3) is 0.600. The number of rotatable bonds is 2. The molecule has 1 aromatic heterocycles. The zero-order valence-corrected chi connectivity index (χ0v) is 9.07. The Morgan fingerprint density at radius 3 is 2.93 bits per heavy atom. The van der Waals surface area contributed by atoms with E-state index in [1.165, 1.54) is 6.42 Å². The first kappa shape index (κ1) is 9.93. The summed E-state index contributed by atoms with van der Waals surface area (Å²) in [5.74, 6) is 0.593. The molecule has 0 spiro atoms. The topological polar surface area (TPSA) is 51.8 Å². The molecule has 3 nitrogen and oxygen atoms in total. The molecule has 1 fully saturated rings. The highest BCUT2D eigenvalue weighted by atomic mass is 32.2. The Kier molecular flexibility index (Phi) is 3.03. The van der Waals surface area contributed by atoms with Gasteiger partial charge in [-0.2, -0.15) is 0 Å². The molecule has 3 unspecified atom stereocenters.